The lowest BCUT2D eigenvalue weighted by molar-refractivity contribution is -0.384. The molecule has 0 saturated heterocycles. The average molecular weight is 494 g/mol. The molecule has 1 amide bonds. The van der Waals surface area contributed by atoms with E-state index in [-0.39, 0.29) is 22.8 Å². The molecule has 3 aromatic rings. The third-order valence-electron chi connectivity index (χ3n) is 4.52. The van der Waals surface area contributed by atoms with Crippen molar-refractivity contribution in [1.29, 1.82) is 0 Å². The van der Waals surface area contributed by atoms with Gasteiger partial charge < -0.3 is 15.4 Å². The number of rotatable bonds is 12. The first-order valence-corrected chi connectivity index (χ1v) is 11.6. The summed E-state index contributed by atoms with van der Waals surface area (Å²) in [5.74, 6) is 1.13. The Morgan fingerprint density at radius 3 is 2.88 bits per heavy atom. The van der Waals surface area contributed by atoms with Crippen LogP contribution in [0.2, 0.25) is 5.02 Å². The average Bonchev–Trinajstić information content (AvgIpc) is 3.21. The van der Waals surface area contributed by atoms with Gasteiger partial charge in [-0.05, 0) is 18.6 Å². The van der Waals surface area contributed by atoms with Crippen LogP contribution in [0.4, 0.5) is 11.5 Å². The van der Waals surface area contributed by atoms with E-state index >= 15 is 0 Å². The second-order valence-electron chi connectivity index (χ2n) is 6.91. The summed E-state index contributed by atoms with van der Waals surface area (Å²) in [6.07, 6.45) is 2.68. The summed E-state index contributed by atoms with van der Waals surface area (Å²) in [6.45, 7) is 3.82. The molecule has 0 bridgehead atoms. The smallest absolute Gasteiger partial charge is 0.288 e. The van der Waals surface area contributed by atoms with Gasteiger partial charge in [-0.25, -0.2) is 14.6 Å². The van der Waals surface area contributed by atoms with Crippen molar-refractivity contribution in [3.05, 3.63) is 45.1 Å². The molecule has 0 atom stereocenters. The maximum Gasteiger partial charge on any atom is 0.288 e. The van der Waals surface area contributed by atoms with Crippen molar-refractivity contribution in [3.8, 4) is 0 Å². The molecule has 0 aliphatic rings. The van der Waals surface area contributed by atoms with Crippen LogP contribution in [-0.2, 0) is 11.3 Å². The molecule has 0 aliphatic heterocycles. The number of hydrogen-bond acceptors (Lipinski definition) is 9. The van der Waals surface area contributed by atoms with Crippen LogP contribution in [0.15, 0.2) is 29.6 Å². The van der Waals surface area contributed by atoms with E-state index in [2.05, 4.69) is 32.6 Å². The van der Waals surface area contributed by atoms with Crippen molar-refractivity contribution in [2.24, 2.45) is 0 Å². The van der Waals surface area contributed by atoms with Crippen molar-refractivity contribution in [2.75, 3.05) is 37.9 Å². The van der Waals surface area contributed by atoms with Gasteiger partial charge in [0.15, 0.2) is 10.8 Å². The number of fused-ring (bicyclic) bond motifs is 1. The number of benzene rings is 1. The molecular weight excluding hydrogens is 470 g/mol. The normalized spacial score (nSPS) is 11.0. The fourth-order valence-corrected chi connectivity index (χ4v) is 3.81. The lowest BCUT2D eigenvalue weighted by atomic mass is 10.2. The fraction of sp³-hybridized carbons (Fsp3) is 0.400. The van der Waals surface area contributed by atoms with E-state index < -0.39 is 10.8 Å². The van der Waals surface area contributed by atoms with E-state index in [1.54, 1.807) is 29.8 Å². The zero-order valence-electron chi connectivity index (χ0n) is 18.2. The summed E-state index contributed by atoms with van der Waals surface area (Å²) in [5.41, 5.74) is 0.492. The molecule has 0 saturated carbocycles. The molecule has 13 heteroatoms. The molecule has 0 aliphatic carbocycles. The number of anilines is 1. The Hall–Kier alpha value is -2.96. The number of nitrogens with zero attached hydrogens (tertiary/aromatic N) is 5. The number of thioether (sulfide) groups is 1. The van der Waals surface area contributed by atoms with Gasteiger partial charge in [-0.1, -0.05) is 30.3 Å². The lowest BCUT2D eigenvalue weighted by Crippen LogP contribution is -2.27. The number of nitro benzene ring substituents is 1. The Labute approximate surface area is 199 Å². The van der Waals surface area contributed by atoms with Crippen LogP contribution in [0.5, 0.6) is 0 Å². The van der Waals surface area contributed by atoms with Crippen molar-refractivity contribution in [1.82, 2.24) is 25.1 Å². The molecule has 2 heterocycles. The molecule has 0 unspecified atom stereocenters. The number of carbonyl (C=O) groups is 1. The number of aromatic nitrogens is 4. The summed E-state index contributed by atoms with van der Waals surface area (Å²) in [7, 11) is 1.63. The van der Waals surface area contributed by atoms with Crippen molar-refractivity contribution < 1.29 is 14.5 Å². The maximum atomic E-state index is 12.4. The summed E-state index contributed by atoms with van der Waals surface area (Å²) >= 11 is 7.37. The van der Waals surface area contributed by atoms with Gasteiger partial charge in [0.1, 0.15) is 10.8 Å². The van der Waals surface area contributed by atoms with Gasteiger partial charge in [0.25, 0.3) is 11.6 Å². The predicted octanol–water partition coefficient (Wildman–Crippen LogP) is 3.38. The highest BCUT2D eigenvalue weighted by Crippen LogP contribution is 2.26. The number of ether oxygens (including phenoxy) is 1. The van der Waals surface area contributed by atoms with E-state index in [4.69, 9.17) is 16.3 Å². The Balaban J connectivity index is 1.73. The number of halogens is 1. The van der Waals surface area contributed by atoms with Crippen LogP contribution in [0.3, 0.4) is 0 Å². The number of nitrogens with one attached hydrogen (secondary N) is 2. The highest BCUT2D eigenvalue weighted by Gasteiger charge is 2.17. The Bertz CT molecular complexity index is 1140. The molecule has 3 rings (SSSR count). The van der Waals surface area contributed by atoms with Gasteiger partial charge in [-0.3, -0.25) is 14.9 Å². The summed E-state index contributed by atoms with van der Waals surface area (Å²) in [6, 6.07) is 3.93. The predicted molar refractivity (Wildman–Crippen MR) is 127 cm³/mol. The van der Waals surface area contributed by atoms with Crippen LogP contribution in [-0.4, -0.2) is 63.1 Å². The van der Waals surface area contributed by atoms with Gasteiger partial charge in [-0.2, -0.15) is 5.10 Å². The topological polar surface area (TPSA) is 137 Å². The number of carbonyl (C=O) groups excluding carboxylic acids is 1. The monoisotopic (exact) mass is 493 g/mol. The quantitative estimate of drug-likeness (QED) is 0.128. The summed E-state index contributed by atoms with van der Waals surface area (Å²) in [5, 5.41) is 22.8. The molecular formula is C20H24ClN7O4S. The van der Waals surface area contributed by atoms with Crippen LogP contribution in [0, 0.1) is 10.1 Å². The minimum Gasteiger partial charge on any atom is -0.383 e. The molecule has 0 spiro atoms. The third kappa shape index (κ3) is 6.30. The van der Waals surface area contributed by atoms with Crippen LogP contribution in [0.25, 0.3) is 11.0 Å². The molecule has 2 aromatic heterocycles. The SMILES string of the molecule is CCCSc1nc(NCCOC)c2cnn(CCNC(=O)c3ccc(Cl)c([N+](=O)[O-])c3)c2n1. The highest BCUT2D eigenvalue weighted by atomic mass is 35.5. The highest BCUT2D eigenvalue weighted by molar-refractivity contribution is 7.99. The maximum absolute atomic E-state index is 12.4. The number of methoxy groups -OCH3 is 1. The Morgan fingerprint density at radius 1 is 1.33 bits per heavy atom. The molecule has 0 fully saturated rings. The molecule has 176 valence electrons. The van der Waals surface area contributed by atoms with Crippen molar-refractivity contribution >= 4 is 51.8 Å². The van der Waals surface area contributed by atoms with Gasteiger partial charge in [0.2, 0.25) is 0 Å². The molecule has 0 radical (unpaired) electrons. The first-order chi connectivity index (χ1) is 15.9. The molecule has 1 aromatic carbocycles. The van der Waals surface area contributed by atoms with Crippen molar-refractivity contribution in [2.45, 2.75) is 25.0 Å². The largest absolute Gasteiger partial charge is 0.383 e. The van der Waals surface area contributed by atoms with E-state index in [0.717, 1.165) is 23.6 Å². The van der Waals surface area contributed by atoms with Gasteiger partial charge >= 0.3 is 0 Å². The van der Waals surface area contributed by atoms with Crippen LogP contribution >= 0.6 is 23.4 Å². The Morgan fingerprint density at radius 2 is 2.15 bits per heavy atom. The van der Waals surface area contributed by atoms with E-state index in [1.807, 2.05) is 0 Å². The van der Waals surface area contributed by atoms with E-state index in [9.17, 15) is 14.9 Å². The van der Waals surface area contributed by atoms with Gasteiger partial charge in [-0.15, -0.1) is 0 Å². The first-order valence-electron chi connectivity index (χ1n) is 10.3. The van der Waals surface area contributed by atoms with E-state index in [0.29, 0.717) is 36.3 Å². The molecule has 2 N–H and O–H groups in total. The first kappa shape index (κ1) is 24.7. The van der Waals surface area contributed by atoms with Gasteiger partial charge in [0, 0.05) is 37.6 Å². The number of nitro groups is 1. The second-order valence-corrected chi connectivity index (χ2v) is 8.38. The minimum atomic E-state index is -0.624. The number of amides is 1. The molecule has 33 heavy (non-hydrogen) atoms. The zero-order chi connectivity index (χ0) is 23.8. The van der Waals surface area contributed by atoms with Crippen LogP contribution < -0.4 is 10.6 Å². The number of hydrogen-bond donors (Lipinski definition) is 2. The zero-order valence-corrected chi connectivity index (χ0v) is 19.8. The van der Waals surface area contributed by atoms with Gasteiger partial charge in [0.05, 0.1) is 29.7 Å². The van der Waals surface area contributed by atoms with Crippen LogP contribution in [0.1, 0.15) is 23.7 Å². The minimum absolute atomic E-state index is 0.0223. The van der Waals surface area contributed by atoms with E-state index in [1.165, 1.54) is 12.1 Å². The summed E-state index contributed by atoms with van der Waals surface area (Å²) in [4.78, 5) is 32.1. The standard InChI is InChI=1S/C20H24ClN7O4S/c1-3-10-33-20-25-17(22-7-9-32-2)14-12-24-27(18(14)26-20)8-6-23-19(29)13-4-5-15(21)16(11-13)28(30)31/h4-5,11-12H,3,6-10H2,1-2H3,(H,23,29)(H,22,25,26). The molecule has 11 nitrogen and oxygen atoms in total. The van der Waals surface area contributed by atoms with Crippen molar-refractivity contribution in [3.63, 3.8) is 0 Å². The fourth-order valence-electron chi connectivity index (χ4n) is 2.93. The second kappa shape index (κ2) is 11.8. The lowest BCUT2D eigenvalue weighted by Gasteiger charge is -2.10. The third-order valence-corrected chi connectivity index (χ3v) is 5.90. The summed E-state index contributed by atoms with van der Waals surface area (Å²) < 4.78 is 6.79. The Kier molecular flexibility index (Phi) is 8.80.